The van der Waals surface area contributed by atoms with E-state index in [1.807, 2.05) is 14.1 Å². The standard InChI is InChI=1S/C15H18FN5O/c1-10-4-5-11(16)8-12(10)20-13(22)9-19-14-15(21(2)3)18-7-6-17-14/h4-8H,9H2,1-3H3,(H,17,19)(H,20,22). The van der Waals surface area contributed by atoms with Crippen LogP contribution in [0, 0.1) is 12.7 Å². The van der Waals surface area contributed by atoms with E-state index >= 15 is 0 Å². The van der Waals surface area contributed by atoms with Gasteiger partial charge in [-0.2, -0.15) is 0 Å². The van der Waals surface area contributed by atoms with E-state index in [1.54, 1.807) is 30.3 Å². The third kappa shape index (κ3) is 3.91. The molecule has 1 aromatic heterocycles. The van der Waals surface area contributed by atoms with Gasteiger partial charge in [0.2, 0.25) is 5.91 Å². The third-order valence-corrected chi connectivity index (χ3v) is 2.99. The number of benzene rings is 1. The van der Waals surface area contributed by atoms with Crippen molar-refractivity contribution in [2.24, 2.45) is 0 Å². The molecule has 0 atom stereocenters. The SMILES string of the molecule is Cc1ccc(F)cc1NC(=O)CNc1nccnc1N(C)C. The molecule has 0 unspecified atom stereocenters. The van der Waals surface area contributed by atoms with E-state index in [2.05, 4.69) is 20.6 Å². The van der Waals surface area contributed by atoms with Crippen molar-refractivity contribution in [1.29, 1.82) is 0 Å². The first-order chi connectivity index (χ1) is 10.5. The second kappa shape index (κ2) is 6.84. The van der Waals surface area contributed by atoms with Gasteiger partial charge in [-0.1, -0.05) is 6.07 Å². The zero-order valence-electron chi connectivity index (χ0n) is 12.7. The van der Waals surface area contributed by atoms with Crippen LogP contribution >= 0.6 is 0 Å². The molecule has 1 aromatic carbocycles. The number of carbonyl (C=O) groups is 1. The van der Waals surface area contributed by atoms with Crippen LogP contribution in [0.5, 0.6) is 0 Å². The number of nitrogens with one attached hydrogen (secondary N) is 2. The Labute approximate surface area is 128 Å². The van der Waals surface area contributed by atoms with Crippen LogP contribution in [0.1, 0.15) is 5.56 Å². The monoisotopic (exact) mass is 303 g/mol. The van der Waals surface area contributed by atoms with Crippen molar-refractivity contribution < 1.29 is 9.18 Å². The fourth-order valence-electron chi connectivity index (χ4n) is 1.87. The molecule has 0 saturated carbocycles. The maximum Gasteiger partial charge on any atom is 0.243 e. The second-order valence-corrected chi connectivity index (χ2v) is 4.98. The molecular weight excluding hydrogens is 285 g/mol. The van der Waals surface area contributed by atoms with Crippen LogP contribution in [-0.2, 0) is 4.79 Å². The van der Waals surface area contributed by atoms with E-state index in [1.165, 1.54) is 12.1 Å². The van der Waals surface area contributed by atoms with Crippen LogP contribution in [0.25, 0.3) is 0 Å². The van der Waals surface area contributed by atoms with Gasteiger partial charge in [-0.05, 0) is 24.6 Å². The molecule has 0 saturated heterocycles. The topological polar surface area (TPSA) is 70.1 Å². The zero-order chi connectivity index (χ0) is 16.1. The van der Waals surface area contributed by atoms with Gasteiger partial charge in [0.15, 0.2) is 11.6 Å². The lowest BCUT2D eigenvalue weighted by molar-refractivity contribution is -0.114. The van der Waals surface area contributed by atoms with E-state index < -0.39 is 5.82 Å². The Morgan fingerprint density at radius 1 is 1.27 bits per heavy atom. The molecule has 1 heterocycles. The molecule has 116 valence electrons. The van der Waals surface area contributed by atoms with Crippen LogP contribution in [-0.4, -0.2) is 36.5 Å². The van der Waals surface area contributed by atoms with Gasteiger partial charge in [-0.25, -0.2) is 14.4 Å². The normalized spacial score (nSPS) is 10.2. The zero-order valence-corrected chi connectivity index (χ0v) is 12.7. The lowest BCUT2D eigenvalue weighted by Crippen LogP contribution is -2.24. The summed E-state index contributed by atoms with van der Waals surface area (Å²) in [7, 11) is 3.68. The Hall–Kier alpha value is -2.70. The number of aromatic nitrogens is 2. The summed E-state index contributed by atoms with van der Waals surface area (Å²) in [5.41, 5.74) is 1.25. The summed E-state index contributed by atoms with van der Waals surface area (Å²) in [6.07, 6.45) is 3.13. The molecule has 0 radical (unpaired) electrons. The molecule has 0 aliphatic rings. The van der Waals surface area contributed by atoms with E-state index in [4.69, 9.17) is 0 Å². The highest BCUT2D eigenvalue weighted by molar-refractivity contribution is 5.94. The number of aryl methyl sites for hydroxylation is 1. The molecule has 1 amide bonds. The van der Waals surface area contributed by atoms with E-state index in [9.17, 15) is 9.18 Å². The van der Waals surface area contributed by atoms with Gasteiger partial charge in [-0.15, -0.1) is 0 Å². The molecule has 6 nitrogen and oxygen atoms in total. The van der Waals surface area contributed by atoms with Crippen molar-refractivity contribution in [3.63, 3.8) is 0 Å². The number of carbonyl (C=O) groups excluding carboxylic acids is 1. The van der Waals surface area contributed by atoms with Crippen molar-refractivity contribution in [2.45, 2.75) is 6.92 Å². The van der Waals surface area contributed by atoms with E-state index in [-0.39, 0.29) is 12.5 Å². The predicted octanol–water partition coefficient (Wildman–Crippen LogP) is 2.04. The summed E-state index contributed by atoms with van der Waals surface area (Å²) in [5, 5.41) is 5.59. The number of anilines is 3. The number of rotatable bonds is 5. The van der Waals surface area contributed by atoms with Crippen molar-refractivity contribution in [1.82, 2.24) is 9.97 Å². The molecule has 2 rings (SSSR count). The Bertz CT molecular complexity index is 675. The Balaban J connectivity index is 2.00. The summed E-state index contributed by atoms with van der Waals surface area (Å²) in [5.74, 6) is 0.470. The number of halogens is 1. The Morgan fingerprint density at radius 2 is 2.00 bits per heavy atom. The van der Waals surface area contributed by atoms with Crippen LogP contribution < -0.4 is 15.5 Å². The van der Waals surface area contributed by atoms with Crippen LogP contribution in [0.3, 0.4) is 0 Å². The quantitative estimate of drug-likeness (QED) is 0.884. The molecule has 0 fully saturated rings. The van der Waals surface area contributed by atoms with Gasteiger partial charge in [0.25, 0.3) is 0 Å². The highest BCUT2D eigenvalue weighted by atomic mass is 19.1. The minimum absolute atomic E-state index is 0.00941. The smallest absolute Gasteiger partial charge is 0.243 e. The maximum atomic E-state index is 13.2. The molecule has 0 bridgehead atoms. The molecular formula is C15H18FN5O. The predicted molar refractivity (Wildman–Crippen MR) is 84.6 cm³/mol. The minimum atomic E-state index is -0.391. The molecule has 7 heteroatoms. The van der Waals surface area contributed by atoms with Gasteiger partial charge in [0.05, 0.1) is 6.54 Å². The second-order valence-electron chi connectivity index (χ2n) is 4.98. The van der Waals surface area contributed by atoms with Crippen LogP contribution in [0.2, 0.25) is 0 Å². The Kier molecular flexibility index (Phi) is 4.88. The maximum absolute atomic E-state index is 13.2. The first kappa shape index (κ1) is 15.7. The molecule has 0 spiro atoms. The van der Waals surface area contributed by atoms with Crippen LogP contribution in [0.15, 0.2) is 30.6 Å². The van der Waals surface area contributed by atoms with Crippen molar-refractivity contribution in [3.05, 3.63) is 42.0 Å². The molecule has 22 heavy (non-hydrogen) atoms. The molecule has 0 aliphatic carbocycles. The van der Waals surface area contributed by atoms with Crippen LogP contribution in [0.4, 0.5) is 21.7 Å². The van der Waals surface area contributed by atoms with Gasteiger partial charge in [0.1, 0.15) is 5.82 Å². The highest BCUT2D eigenvalue weighted by Gasteiger charge is 2.10. The molecule has 2 N–H and O–H groups in total. The van der Waals surface area contributed by atoms with Crippen molar-refractivity contribution in [3.8, 4) is 0 Å². The lowest BCUT2D eigenvalue weighted by Gasteiger charge is -2.15. The highest BCUT2D eigenvalue weighted by Crippen LogP contribution is 2.18. The fourth-order valence-corrected chi connectivity index (χ4v) is 1.87. The fraction of sp³-hybridized carbons (Fsp3) is 0.267. The van der Waals surface area contributed by atoms with Crippen molar-refractivity contribution >= 4 is 23.2 Å². The average Bonchev–Trinajstić information content (AvgIpc) is 2.49. The average molecular weight is 303 g/mol. The van der Waals surface area contributed by atoms with Crippen molar-refractivity contribution in [2.75, 3.05) is 36.2 Å². The summed E-state index contributed by atoms with van der Waals surface area (Å²) >= 11 is 0. The van der Waals surface area contributed by atoms with Gasteiger partial charge >= 0.3 is 0 Å². The third-order valence-electron chi connectivity index (χ3n) is 2.99. The molecule has 2 aromatic rings. The largest absolute Gasteiger partial charge is 0.360 e. The van der Waals surface area contributed by atoms with Gasteiger partial charge in [-0.3, -0.25) is 4.79 Å². The summed E-state index contributed by atoms with van der Waals surface area (Å²) < 4.78 is 13.2. The lowest BCUT2D eigenvalue weighted by atomic mass is 10.2. The number of hydrogen-bond donors (Lipinski definition) is 2. The number of hydrogen-bond acceptors (Lipinski definition) is 5. The van der Waals surface area contributed by atoms with Gasteiger partial charge in [0, 0.05) is 32.2 Å². The van der Waals surface area contributed by atoms with E-state index in [0.717, 1.165) is 5.56 Å². The summed E-state index contributed by atoms with van der Waals surface area (Å²) in [6.45, 7) is 1.81. The first-order valence-electron chi connectivity index (χ1n) is 6.75. The molecule has 0 aliphatic heterocycles. The minimum Gasteiger partial charge on any atom is -0.360 e. The number of amides is 1. The van der Waals surface area contributed by atoms with E-state index in [0.29, 0.717) is 17.3 Å². The summed E-state index contributed by atoms with van der Waals surface area (Å²) in [4.78, 5) is 22.1. The first-order valence-corrected chi connectivity index (χ1v) is 6.75. The number of nitrogens with zero attached hydrogens (tertiary/aromatic N) is 3. The Morgan fingerprint density at radius 3 is 2.73 bits per heavy atom. The van der Waals surface area contributed by atoms with Gasteiger partial charge < -0.3 is 15.5 Å². The summed E-state index contributed by atoms with van der Waals surface area (Å²) in [6, 6.07) is 4.26.